The molecule has 0 unspecified atom stereocenters. The van der Waals surface area contributed by atoms with E-state index < -0.39 is 10.0 Å². The summed E-state index contributed by atoms with van der Waals surface area (Å²) in [6.45, 7) is 1.91. The first-order chi connectivity index (χ1) is 11.8. The molecule has 1 aromatic carbocycles. The lowest BCUT2D eigenvalue weighted by molar-refractivity contribution is -0.119. The Hall–Kier alpha value is -1.99. The summed E-state index contributed by atoms with van der Waals surface area (Å²) in [7, 11) is -3.55. The number of sulfonamides is 1. The van der Waals surface area contributed by atoms with Gasteiger partial charge in [0.2, 0.25) is 15.9 Å². The summed E-state index contributed by atoms with van der Waals surface area (Å²) in [4.78, 5) is 16.7. The topological polar surface area (TPSA) is 88.2 Å². The van der Waals surface area contributed by atoms with Gasteiger partial charge >= 0.3 is 0 Å². The predicted molar refractivity (Wildman–Crippen MR) is 93.5 cm³/mol. The maximum absolute atomic E-state index is 12.5. The minimum absolute atomic E-state index is 0.0384. The van der Waals surface area contributed by atoms with Gasteiger partial charge in [-0.2, -0.15) is 0 Å². The largest absolute Gasteiger partial charge is 0.310 e. The Morgan fingerprint density at radius 3 is 2.56 bits per heavy atom. The molecule has 0 aliphatic heterocycles. The molecule has 3 saturated carbocycles. The summed E-state index contributed by atoms with van der Waals surface area (Å²) in [5, 5.41) is 4.45. The third kappa shape index (κ3) is 2.53. The molecular weight excluding hydrogens is 338 g/mol. The van der Waals surface area contributed by atoms with Gasteiger partial charge in [0.1, 0.15) is 5.82 Å². The number of nitrogens with zero attached hydrogens (tertiary/aromatic N) is 1. The van der Waals surface area contributed by atoms with Crippen LogP contribution in [0.4, 0.5) is 5.82 Å². The van der Waals surface area contributed by atoms with E-state index in [1.165, 1.54) is 0 Å². The number of pyridine rings is 1. The van der Waals surface area contributed by atoms with Crippen molar-refractivity contribution in [1.29, 1.82) is 0 Å². The Bertz CT molecular complexity index is 1020. The average molecular weight is 357 g/mol. The van der Waals surface area contributed by atoms with Crippen molar-refractivity contribution < 1.29 is 13.2 Å². The maximum Gasteiger partial charge on any atom is 0.241 e. The zero-order valence-electron chi connectivity index (χ0n) is 13.9. The highest BCUT2D eigenvalue weighted by Gasteiger charge is 2.74. The highest BCUT2D eigenvalue weighted by Crippen LogP contribution is 2.75. The van der Waals surface area contributed by atoms with E-state index in [0.29, 0.717) is 11.7 Å². The van der Waals surface area contributed by atoms with E-state index in [0.717, 1.165) is 36.5 Å². The summed E-state index contributed by atoms with van der Waals surface area (Å²) in [5.41, 5.74) is -0.430. The molecule has 1 heterocycles. The van der Waals surface area contributed by atoms with E-state index in [2.05, 4.69) is 15.0 Å². The van der Waals surface area contributed by atoms with Crippen LogP contribution in [-0.2, 0) is 14.8 Å². The first kappa shape index (κ1) is 15.3. The number of anilines is 1. The van der Waals surface area contributed by atoms with Crippen LogP contribution in [0.5, 0.6) is 0 Å². The predicted octanol–water partition coefficient (Wildman–Crippen LogP) is 2.41. The molecule has 0 spiro atoms. The van der Waals surface area contributed by atoms with Gasteiger partial charge in [0.05, 0.1) is 10.3 Å². The second-order valence-corrected chi connectivity index (χ2v) is 9.64. The van der Waals surface area contributed by atoms with Crippen molar-refractivity contribution in [3.05, 3.63) is 30.5 Å². The Morgan fingerprint density at radius 1 is 1.20 bits per heavy atom. The van der Waals surface area contributed by atoms with E-state index in [1.54, 1.807) is 30.5 Å². The minimum atomic E-state index is -3.55. The van der Waals surface area contributed by atoms with Crippen LogP contribution in [0.25, 0.3) is 10.8 Å². The SMILES string of the molecule is CC1(NS(=O)(=O)c2ccc3cnc(NC(=O)C45CC4C5)cc3c2)CC1. The van der Waals surface area contributed by atoms with Crippen molar-refractivity contribution in [2.45, 2.75) is 43.0 Å². The van der Waals surface area contributed by atoms with Gasteiger partial charge in [0.25, 0.3) is 0 Å². The number of benzene rings is 1. The van der Waals surface area contributed by atoms with Gasteiger partial charge in [0, 0.05) is 17.1 Å². The third-order valence-electron chi connectivity index (χ3n) is 5.76. The molecule has 0 saturated heterocycles. The second-order valence-electron chi connectivity index (χ2n) is 7.96. The van der Waals surface area contributed by atoms with E-state index in [-0.39, 0.29) is 21.8 Å². The molecule has 1 aromatic heterocycles. The van der Waals surface area contributed by atoms with E-state index in [4.69, 9.17) is 0 Å². The van der Waals surface area contributed by atoms with Gasteiger partial charge < -0.3 is 5.32 Å². The van der Waals surface area contributed by atoms with Gasteiger partial charge in [-0.25, -0.2) is 18.1 Å². The Kier molecular flexibility index (Phi) is 2.81. The van der Waals surface area contributed by atoms with Crippen LogP contribution in [-0.4, -0.2) is 24.8 Å². The number of rotatable bonds is 5. The Balaban J connectivity index is 1.44. The lowest BCUT2D eigenvalue weighted by Gasteiger charge is -2.13. The quantitative estimate of drug-likeness (QED) is 0.860. The van der Waals surface area contributed by atoms with Crippen molar-refractivity contribution in [3.8, 4) is 0 Å². The molecular formula is C18H19N3O3S. The lowest BCUT2D eigenvalue weighted by Crippen LogP contribution is -2.34. The standard InChI is InChI=1S/C18H19N3O3S/c1-17(4-5-17)21-25(23,24)14-3-2-11-10-19-15(7-12(11)6-14)20-16(22)18-8-13(18)9-18/h2-3,6-7,10,13,21H,4-5,8-9H2,1H3,(H,19,20,22). The van der Waals surface area contributed by atoms with Crippen LogP contribution in [0.15, 0.2) is 35.4 Å². The fourth-order valence-corrected chi connectivity index (χ4v) is 4.84. The van der Waals surface area contributed by atoms with Gasteiger partial charge in [-0.15, -0.1) is 0 Å². The van der Waals surface area contributed by atoms with Crippen molar-refractivity contribution >= 4 is 32.5 Å². The van der Waals surface area contributed by atoms with E-state index >= 15 is 0 Å². The molecule has 130 valence electrons. The fourth-order valence-electron chi connectivity index (χ4n) is 3.34. The second kappa shape index (κ2) is 4.59. The van der Waals surface area contributed by atoms with E-state index in [9.17, 15) is 13.2 Å². The summed E-state index contributed by atoms with van der Waals surface area (Å²) >= 11 is 0. The number of hydrogen-bond acceptors (Lipinski definition) is 4. The number of carbonyl (C=O) groups excluding carboxylic acids is 1. The van der Waals surface area contributed by atoms with Crippen LogP contribution in [0.3, 0.4) is 0 Å². The third-order valence-corrected chi connectivity index (χ3v) is 7.40. The first-order valence-corrected chi connectivity index (χ1v) is 10.0. The van der Waals surface area contributed by atoms with Crippen LogP contribution in [0.1, 0.15) is 32.6 Å². The smallest absolute Gasteiger partial charge is 0.241 e. The molecule has 7 heteroatoms. The number of aromatic nitrogens is 1. The molecule has 2 N–H and O–H groups in total. The molecule has 1 amide bonds. The Morgan fingerprint density at radius 2 is 1.92 bits per heavy atom. The van der Waals surface area contributed by atoms with Crippen molar-refractivity contribution in [3.63, 3.8) is 0 Å². The summed E-state index contributed by atoms with van der Waals surface area (Å²) < 4.78 is 27.8. The summed E-state index contributed by atoms with van der Waals surface area (Å²) in [5.74, 6) is 1.08. The monoisotopic (exact) mass is 357 g/mol. The Labute approximate surface area is 146 Å². The summed E-state index contributed by atoms with van der Waals surface area (Å²) in [6, 6.07) is 6.71. The number of amides is 1. The molecule has 0 atom stereocenters. The number of fused-ring (bicyclic) bond motifs is 2. The van der Waals surface area contributed by atoms with Crippen molar-refractivity contribution in [2.75, 3.05) is 5.32 Å². The molecule has 25 heavy (non-hydrogen) atoms. The average Bonchev–Trinajstić information content (AvgIpc) is 3.42. The fraction of sp³-hybridized carbons (Fsp3) is 0.444. The van der Waals surface area contributed by atoms with Gasteiger partial charge in [-0.3, -0.25) is 4.79 Å². The van der Waals surface area contributed by atoms with Crippen LogP contribution in [0, 0.1) is 11.3 Å². The van der Waals surface area contributed by atoms with E-state index in [1.807, 2.05) is 6.92 Å². The maximum atomic E-state index is 12.5. The van der Waals surface area contributed by atoms with Crippen molar-refractivity contribution in [2.24, 2.45) is 11.3 Å². The first-order valence-electron chi connectivity index (χ1n) is 8.55. The van der Waals surface area contributed by atoms with Gasteiger partial charge in [0.15, 0.2) is 0 Å². The normalized spacial score (nSPS) is 28.3. The van der Waals surface area contributed by atoms with Gasteiger partial charge in [-0.1, -0.05) is 6.07 Å². The highest BCUT2D eigenvalue weighted by molar-refractivity contribution is 7.89. The molecule has 6 nitrogen and oxygen atoms in total. The lowest BCUT2D eigenvalue weighted by atomic mass is 10.1. The molecule has 0 bridgehead atoms. The minimum Gasteiger partial charge on any atom is -0.310 e. The van der Waals surface area contributed by atoms with Crippen molar-refractivity contribution in [1.82, 2.24) is 9.71 Å². The number of carbonyl (C=O) groups is 1. The molecule has 2 aromatic rings. The zero-order valence-corrected chi connectivity index (χ0v) is 14.7. The molecule has 3 fully saturated rings. The summed E-state index contributed by atoms with van der Waals surface area (Å²) in [6.07, 6.45) is 5.36. The highest BCUT2D eigenvalue weighted by atomic mass is 32.2. The molecule has 3 aliphatic carbocycles. The van der Waals surface area contributed by atoms with Crippen LogP contribution >= 0.6 is 0 Å². The number of nitrogens with one attached hydrogen (secondary N) is 2. The van der Waals surface area contributed by atoms with Crippen LogP contribution < -0.4 is 10.0 Å². The van der Waals surface area contributed by atoms with Crippen LogP contribution in [0.2, 0.25) is 0 Å². The molecule has 3 aliphatic rings. The molecule has 5 rings (SSSR count). The molecule has 0 radical (unpaired) electrons. The number of hydrogen-bond donors (Lipinski definition) is 2. The van der Waals surface area contributed by atoms with Gasteiger partial charge in [-0.05, 0) is 62.1 Å². The zero-order chi connectivity index (χ0) is 17.4.